The van der Waals surface area contributed by atoms with E-state index in [0.29, 0.717) is 22.6 Å². The Labute approximate surface area is 184 Å². The lowest BCUT2D eigenvalue weighted by atomic mass is 10.0. The summed E-state index contributed by atoms with van der Waals surface area (Å²) >= 11 is 1.36. The van der Waals surface area contributed by atoms with Gasteiger partial charge in [-0.3, -0.25) is 19.8 Å². The number of carbonyl (C=O) groups excluding carboxylic acids is 1. The summed E-state index contributed by atoms with van der Waals surface area (Å²) in [5, 5.41) is 11.1. The molecule has 0 aliphatic carbocycles. The van der Waals surface area contributed by atoms with Crippen LogP contribution in [0.3, 0.4) is 0 Å². The second-order valence-corrected chi connectivity index (χ2v) is 9.05. The lowest BCUT2D eigenvalue weighted by Crippen LogP contribution is -2.52. The smallest absolute Gasteiger partial charge is 0.265 e. The summed E-state index contributed by atoms with van der Waals surface area (Å²) in [6.07, 6.45) is 10.7. The molecule has 0 radical (unpaired) electrons. The predicted octanol–water partition coefficient (Wildman–Crippen LogP) is 1.57. The third kappa shape index (κ3) is 3.53. The lowest BCUT2D eigenvalue weighted by molar-refractivity contribution is 0.0600. The predicted molar refractivity (Wildman–Crippen MR) is 120 cm³/mol. The number of carbonyl (C=O) groups is 1. The topological polar surface area (TPSA) is 105 Å². The summed E-state index contributed by atoms with van der Waals surface area (Å²) in [7, 11) is 0. The second-order valence-electron chi connectivity index (χ2n) is 8.02. The van der Waals surface area contributed by atoms with Gasteiger partial charge in [0.15, 0.2) is 10.8 Å². The number of fused-ring (bicyclic) bond motifs is 1. The van der Waals surface area contributed by atoms with E-state index in [9.17, 15) is 4.79 Å². The molecular formula is C20H25N9OS. The largest absolute Gasteiger partial charge is 0.335 e. The van der Waals surface area contributed by atoms with Crippen molar-refractivity contribution < 1.29 is 4.79 Å². The molecule has 5 rings (SSSR count). The first-order valence-corrected chi connectivity index (χ1v) is 11.2. The molecule has 2 aromatic rings. The fraction of sp³-hybridized carbons (Fsp3) is 0.450. The van der Waals surface area contributed by atoms with Gasteiger partial charge in [-0.1, -0.05) is 11.3 Å². The van der Waals surface area contributed by atoms with Gasteiger partial charge in [0.1, 0.15) is 10.7 Å². The van der Waals surface area contributed by atoms with Crippen molar-refractivity contribution in [3.8, 4) is 0 Å². The number of amides is 1. The molecular weight excluding hydrogens is 414 g/mol. The number of rotatable bonds is 5. The molecule has 5 heterocycles. The van der Waals surface area contributed by atoms with Crippen molar-refractivity contribution in [2.24, 2.45) is 9.98 Å². The van der Waals surface area contributed by atoms with E-state index < -0.39 is 5.66 Å². The zero-order chi connectivity index (χ0) is 21.4. The highest BCUT2D eigenvalue weighted by Crippen LogP contribution is 2.36. The molecule has 31 heavy (non-hydrogen) atoms. The number of hydrogen-bond acceptors (Lipinski definition) is 9. The molecule has 0 aromatic carbocycles. The number of nitrogens with zero attached hydrogens (tertiary/aromatic N) is 7. The van der Waals surface area contributed by atoms with Crippen LogP contribution < -0.4 is 5.32 Å². The fourth-order valence-corrected chi connectivity index (χ4v) is 4.98. The maximum Gasteiger partial charge on any atom is 0.265 e. The third-order valence-corrected chi connectivity index (χ3v) is 6.83. The van der Waals surface area contributed by atoms with E-state index >= 15 is 0 Å². The summed E-state index contributed by atoms with van der Waals surface area (Å²) in [6, 6.07) is 0.501. The van der Waals surface area contributed by atoms with Crippen LogP contribution in [0.4, 0.5) is 5.13 Å². The van der Waals surface area contributed by atoms with Crippen LogP contribution in [0.2, 0.25) is 0 Å². The van der Waals surface area contributed by atoms with Gasteiger partial charge in [-0.2, -0.15) is 5.10 Å². The van der Waals surface area contributed by atoms with Crippen molar-refractivity contribution >= 4 is 34.8 Å². The molecule has 1 unspecified atom stereocenters. The summed E-state index contributed by atoms with van der Waals surface area (Å²) in [4.78, 5) is 33.4. The molecule has 0 saturated carbocycles. The first kappa shape index (κ1) is 19.9. The van der Waals surface area contributed by atoms with Gasteiger partial charge in [0.25, 0.3) is 5.91 Å². The highest BCUT2D eigenvalue weighted by atomic mass is 32.1. The van der Waals surface area contributed by atoms with E-state index in [0.717, 1.165) is 37.6 Å². The standard InChI is InChI=1S/C20H25N9OS/c1-14(2)27-5-7-28(8-6-27)18(30)16-11-23-19(31-16)26-20(15-9-24-25-10-15)13-21-12-17-22-3-4-29(17)20/h3,9-14H,4-8H2,1-2H3,(H,23,26)(H,24,25). The van der Waals surface area contributed by atoms with Crippen LogP contribution in [-0.4, -0.2) is 87.0 Å². The van der Waals surface area contributed by atoms with Gasteiger partial charge in [-0.25, -0.2) is 9.98 Å². The van der Waals surface area contributed by atoms with Crippen LogP contribution in [0.5, 0.6) is 0 Å². The Kier molecular flexibility index (Phi) is 5.06. The first-order chi connectivity index (χ1) is 15.1. The molecule has 1 atom stereocenters. The molecule has 2 aromatic heterocycles. The van der Waals surface area contributed by atoms with Gasteiger partial charge in [-0.05, 0) is 13.8 Å². The molecule has 10 nitrogen and oxygen atoms in total. The molecule has 0 spiro atoms. The van der Waals surface area contributed by atoms with Crippen molar-refractivity contribution in [2.75, 3.05) is 38.0 Å². The van der Waals surface area contributed by atoms with Crippen LogP contribution in [0.1, 0.15) is 29.1 Å². The maximum atomic E-state index is 13.0. The fourth-order valence-electron chi connectivity index (χ4n) is 4.14. The Morgan fingerprint density at radius 3 is 2.84 bits per heavy atom. The van der Waals surface area contributed by atoms with Crippen molar-refractivity contribution in [1.29, 1.82) is 0 Å². The number of thiazole rings is 1. The summed E-state index contributed by atoms with van der Waals surface area (Å²) in [5.41, 5.74) is 0.106. The maximum absolute atomic E-state index is 13.0. The van der Waals surface area contributed by atoms with Crippen LogP contribution in [0, 0.1) is 0 Å². The van der Waals surface area contributed by atoms with E-state index in [-0.39, 0.29) is 5.91 Å². The minimum Gasteiger partial charge on any atom is -0.335 e. The minimum absolute atomic E-state index is 0.0359. The normalized spacial score (nSPS) is 23.4. The third-order valence-electron chi connectivity index (χ3n) is 5.93. The molecule has 2 N–H and O–H groups in total. The Morgan fingerprint density at radius 1 is 1.26 bits per heavy atom. The quantitative estimate of drug-likeness (QED) is 0.733. The van der Waals surface area contributed by atoms with E-state index in [4.69, 9.17) is 0 Å². The van der Waals surface area contributed by atoms with Gasteiger partial charge < -0.3 is 15.1 Å². The van der Waals surface area contributed by atoms with E-state index in [1.807, 2.05) is 23.5 Å². The Hall–Kier alpha value is -3.05. The molecule has 1 saturated heterocycles. The highest BCUT2D eigenvalue weighted by molar-refractivity contribution is 7.17. The van der Waals surface area contributed by atoms with Gasteiger partial charge >= 0.3 is 0 Å². The summed E-state index contributed by atoms with van der Waals surface area (Å²) in [5.74, 6) is 0.806. The molecule has 1 amide bonds. The highest BCUT2D eigenvalue weighted by Gasteiger charge is 2.43. The average Bonchev–Trinajstić information content (AvgIpc) is 3.55. The van der Waals surface area contributed by atoms with E-state index in [1.54, 1.807) is 18.6 Å². The molecule has 1 fully saturated rings. The van der Waals surface area contributed by atoms with Crippen molar-refractivity contribution in [1.82, 2.24) is 29.9 Å². The van der Waals surface area contributed by atoms with Crippen molar-refractivity contribution in [2.45, 2.75) is 25.6 Å². The second kappa shape index (κ2) is 7.89. The summed E-state index contributed by atoms with van der Waals surface area (Å²) < 4.78 is 0. The monoisotopic (exact) mass is 439 g/mol. The minimum atomic E-state index is -0.783. The van der Waals surface area contributed by atoms with Gasteiger partial charge in [-0.15, -0.1) is 0 Å². The molecule has 3 aliphatic rings. The van der Waals surface area contributed by atoms with Gasteiger partial charge in [0, 0.05) is 50.2 Å². The van der Waals surface area contributed by atoms with Gasteiger partial charge in [0.2, 0.25) is 0 Å². The van der Waals surface area contributed by atoms with E-state index in [2.05, 4.69) is 54.1 Å². The number of aromatic nitrogens is 3. The molecule has 162 valence electrons. The number of nitrogens with one attached hydrogen (secondary N) is 2. The van der Waals surface area contributed by atoms with Crippen molar-refractivity contribution in [3.05, 3.63) is 41.1 Å². The van der Waals surface area contributed by atoms with Crippen LogP contribution in [0.25, 0.3) is 0 Å². The summed E-state index contributed by atoms with van der Waals surface area (Å²) in [6.45, 7) is 8.29. The van der Waals surface area contributed by atoms with Crippen LogP contribution >= 0.6 is 11.3 Å². The first-order valence-electron chi connectivity index (χ1n) is 10.4. The molecule has 11 heteroatoms. The Morgan fingerprint density at radius 2 is 2.10 bits per heavy atom. The number of aliphatic imine (C=N–C) groups is 2. The number of aromatic amines is 1. The SMILES string of the molecule is CC(C)N1CCN(C(=O)c2cnc(NC3(c4cn[nH]c4)C=NC=C4N=CCN43)s2)CC1. The Balaban J connectivity index is 1.35. The zero-order valence-corrected chi connectivity index (χ0v) is 18.3. The number of piperazine rings is 1. The lowest BCUT2D eigenvalue weighted by Gasteiger charge is -2.41. The molecule has 3 aliphatic heterocycles. The number of anilines is 1. The number of hydrogen-bond donors (Lipinski definition) is 2. The Bertz CT molecular complexity index is 1030. The van der Waals surface area contributed by atoms with Gasteiger partial charge in [0.05, 0.1) is 31.4 Å². The number of H-pyrrole nitrogens is 1. The van der Waals surface area contributed by atoms with E-state index in [1.165, 1.54) is 11.3 Å². The molecule has 0 bridgehead atoms. The van der Waals surface area contributed by atoms with Crippen molar-refractivity contribution in [3.63, 3.8) is 0 Å². The average molecular weight is 440 g/mol. The zero-order valence-electron chi connectivity index (χ0n) is 17.5. The van der Waals surface area contributed by atoms with Crippen LogP contribution in [0.15, 0.2) is 40.6 Å². The van der Waals surface area contributed by atoms with Crippen LogP contribution in [-0.2, 0) is 5.66 Å².